The number of methoxy groups -OCH3 is 1. The quantitative estimate of drug-likeness (QED) is 0.515. The molecule has 1 amide bonds. The molecule has 7 nitrogen and oxygen atoms in total. The molecule has 3 rings (SSSR count). The van der Waals surface area contributed by atoms with Crippen molar-refractivity contribution < 1.29 is 17.9 Å². The van der Waals surface area contributed by atoms with Gasteiger partial charge in [0.2, 0.25) is 0 Å². The van der Waals surface area contributed by atoms with Crippen molar-refractivity contribution in [3.8, 4) is 5.75 Å². The molecule has 0 radical (unpaired) electrons. The Balaban J connectivity index is 1.59. The van der Waals surface area contributed by atoms with E-state index in [1.165, 1.54) is 24.3 Å². The van der Waals surface area contributed by atoms with Gasteiger partial charge < -0.3 is 15.0 Å². The average Bonchev–Trinajstić information content (AvgIpc) is 2.82. The topological polar surface area (TPSA) is 87.7 Å². The first-order valence-electron chi connectivity index (χ1n) is 10.1. The molecule has 32 heavy (non-hydrogen) atoms. The zero-order chi connectivity index (χ0) is 23.1. The van der Waals surface area contributed by atoms with Gasteiger partial charge in [-0.15, -0.1) is 0 Å². The predicted octanol–water partition coefficient (Wildman–Crippen LogP) is 3.75. The maximum atomic E-state index is 12.6. The van der Waals surface area contributed by atoms with E-state index in [2.05, 4.69) is 14.9 Å². The van der Waals surface area contributed by atoms with Crippen molar-refractivity contribution in [1.29, 1.82) is 0 Å². The minimum Gasteiger partial charge on any atom is -0.497 e. The second-order valence-corrected chi connectivity index (χ2v) is 9.05. The fraction of sp³-hybridized carbons (Fsp3) is 0.208. The molecule has 0 aliphatic rings. The molecule has 3 aromatic carbocycles. The van der Waals surface area contributed by atoms with Crippen LogP contribution in [0, 0.1) is 0 Å². The lowest BCUT2D eigenvalue weighted by Crippen LogP contribution is -2.40. The number of carbonyl (C=O) groups excluding carboxylic acids is 1. The number of anilines is 2. The highest BCUT2D eigenvalue weighted by Crippen LogP contribution is 2.20. The molecule has 0 fully saturated rings. The van der Waals surface area contributed by atoms with Gasteiger partial charge in [-0.25, -0.2) is 8.42 Å². The van der Waals surface area contributed by atoms with Crippen LogP contribution in [0.1, 0.15) is 17.3 Å². The second kappa shape index (κ2) is 10.2. The first kappa shape index (κ1) is 23.1. The Bertz CT molecular complexity index is 1130. The number of ether oxygens (including phenoxy) is 1. The number of para-hydroxylation sites is 1. The molecule has 0 heterocycles. The Kier molecular flexibility index (Phi) is 7.37. The van der Waals surface area contributed by atoms with Crippen LogP contribution < -0.4 is 19.7 Å². The molecule has 0 saturated carbocycles. The van der Waals surface area contributed by atoms with E-state index in [0.29, 0.717) is 23.5 Å². The van der Waals surface area contributed by atoms with Gasteiger partial charge in [-0.2, -0.15) is 0 Å². The first-order valence-corrected chi connectivity index (χ1v) is 11.6. The Morgan fingerprint density at radius 2 is 1.59 bits per heavy atom. The van der Waals surface area contributed by atoms with E-state index < -0.39 is 10.0 Å². The van der Waals surface area contributed by atoms with Crippen molar-refractivity contribution in [3.63, 3.8) is 0 Å². The number of nitrogens with zero attached hydrogens (tertiary/aromatic N) is 1. The highest BCUT2D eigenvalue weighted by Gasteiger charge is 2.16. The lowest BCUT2D eigenvalue weighted by atomic mass is 10.2. The summed E-state index contributed by atoms with van der Waals surface area (Å²) >= 11 is 0. The maximum Gasteiger partial charge on any atom is 0.261 e. The van der Waals surface area contributed by atoms with Crippen LogP contribution in [0.4, 0.5) is 11.4 Å². The number of hydrogen-bond acceptors (Lipinski definition) is 5. The maximum absolute atomic E-state index is 12.6. The SMILES string of the molecule is COc1ccc(NS(=O)(=O)c2ccc(C(=O)NCC(C)N(C)c3ccccc3)cc2)cc1. The molecule has 0 aliphatic heterocycles. The first-order chi connectivity index (χ1) is 15.3. The van der Waals surface area contributed by atoms with Crippen molar-refractivity contribution in [2.45, 2.75) is 17.9 Å². The summed E-state index contributed by atoms with van der Waals surface area (Å²) < 4.78 is 32.8. The lowest BCUT2D eigenvalue weighted by molar-refractivity contribution is 0.0951. The van der Waals surface area contributed by atoms with Crippen molar-refractivity contribution in [2.75, 3.05) is 30.3 Å². The van der Waals surface area contributed by atoms with Crippen LogP contribution in [0.3, 0.4) is 0 Å². The van der Waals surface area contributed by atoms with Crippen LogP contribution in [0.5, 0.6) is 5.75 Å². The van der Waals surface area contributed by atoms with Crippen LogP contribution >= 0.6 is 0 Å². The van der Waals surface area contributed by atoms with Gasteiger partial charge in [0.25, 0.3) is 15.9 Å². The van der Waals surface area contributed by atoms with Gasteiger partial charge in [-0.3, -0.25) is 9.52 Å². The zero-order valence-corrected chi connectivity index (χ0v) is 19.1. The van der Waals surface area contributed by atoms with Gasteiger partial charge in [-0.1, -0.05) is 18.2 Å². The Hall–Kier alpha value is -3.52. The molecule has 0 aromatic heterocycles. The van der Waals surface area contributed by atoms with Crippen molar-refractivity contribution >= 4 is 27.3 Å². The summed E-state index contributed by atoms with van der Waals surface area (Å²) in [5.74, 6) is 0.373. The summed E-state index contributed by atoms with van der Waals surface area (Å²) in [6, 6.07) is 22.4. The van der Waals surface area contributed by atoms with E-state index in [0.717, 1.165) is 5.69 Å². The molecular formula is C24H27N3O4S. The van der Waals surface area contributed by atoms with Crippen LogP contribution in [0.15, 0.2) is 83.8 Å². The molecule has 0 saturated heterocycles. The van der Waals surface area contributed by atoms with Crippen molar-refractivity contribution in [3.05, 3.63) is 84.4 Å². The molecule has 2 N–H and O–H groups in total. The van der Waals surface area contributed by atoms with Gasteiger partial charge in [0.15, 0.2) is 0 Å². The van der Waals surface area contributed by atoms with E-state index in [-0.39, 0.29) is 16.8 Å². The van der Waals surface area contributed by atoms with Gasteiger partial charge in [-0.05, 0) is 67.6 Å². The van der Waals surface area contributed by atoms with E-state index in [4.69, 9.17) is 4.74 Å². The molecule has 0 aliphatic carbocycles. The number of hydrogen-bond donors (Lipinski definition) is 2. The largest absolute Gasteiger partial charge is 0.497 e. The summed E-state index contributed by atoms with van der Waals surface area (Å²) in [6.07, 6.45) is 0. The number of sulfonamides is 1. The molecule has 0 spiro atoms. The second-order valence-electron chi connectivity index (χ2n) is 7.36. The Morgan fingerprint density at radius 3 is 2.19 bits per heavy atom. The van der Waals surface area contributed by atoms with Crippen molar-refractivity contribution in [2.24, 2.45) is 0 Å². The third-order valence-electron chi connectivity index (χ3n) is 5.15. The molecule has 8 heteroatoms. The summed E-state index contributed by atoms with van der Waals surface area (Å²) in [6.45, 7) is 2.47. The highest BCUT2D eigenvalue weighted by atomic mass is 32.2. The van der Waals surface area contributed by atoms with Crippen molar-refractivity contribution in [1.82, 2.24) is 5.32 Å². The molecule has 3 aromatic rings. The smallest absolute Gasteiger partial charge is 0.261 e. The van der Waals surface area contributed by atoms with Gasteiger partial charge >= 0.3 is 0 Å². The minimum atomic E-state index is -3.77. The number of amides is 1. The molecule has 1 unspecified atom stereocenters. The highest BCUT2D eigenvalue weighted by molar-refractivity contribution is 7.92. The van der Waals surface area contributed by atoms with E-state index in [1.54, 1.807) is 31.4 Å². The van der Waals surface area contributed by atoms with Crippen LogP contribution in [0.2, 0.25) is 0 Å². The van der Waals surface area contributed by atoms with E-state index >= 15 is 0 Å². The third kappa shape index (κ3) is 5.79. The predicted molar refractivity (Wildman–Crippen MR) is 127 cm³/mol. The lowest BCUT2D eigenvalue weighted by Gasteiger charge is -2.27. The average molecular weight is 454 g/mol. The summed E-state index contributed by atoms with van der Waals surface area (Å²) in [7, 11) is -0.258. The van der Waals surface area contributed by atoms with Crippen LogP contribution in [0.25, 0.3) is 0 Å². The molecule has 168 valence electrons. The number of nitrogens with one attached hydrogen (secondary N) is 2. The van der Waals surface area contributed by atoms with E-state index in [9.17, 15) is 13.2 Å². The number of likely N-dealkylation sites (N-methyl/N-ethyl adjacent to an activating group) is 1. The molecule has 0 bridgehead atoms. The summed E-state index contributed by atoms with van der Waals surface area (Å²) in [5.41, 5.74) is 1.88. The minimum absolute atomic E-state index is 0.0713. The van der Waals surface area contributed by atoms with Gasteiger partial charge in [0.1, 0.15) is 5.75 Å². The summed E-state index contributed by atoms with van der Waals surface area (Å²) in [5, 5.41) is 2.90. The number of carbonyl (C=O) groups is 1. The fourth-order valence-electron chi connectivity index (χ4n) is 3.06. The zero-order valence-electron chi connectivity index (χ0n) is 18.3. The van der Waals surface area contributed by atoms with Crippen LogP contribution in [-0.4, -0.2) is 41.1 Å². The van der Waals surface area contributed by atoms with Gasteiger partial charge in [0, 0.05) is 36.6 Å². The monoisotopic (exact) mass is 453 g/mol. The molecule has 1 atom stereocenters. The third-order valence-corrected chi connectivity index (χ3v) is 6.55. The normalized spacial score (nSPS) is 12.0. The standard InChI is InChI=1S/C24H27N3O4S/c1-18(27(2)21-7-5-4-6-8-21)17-25-24(28)19-9-15-23(16-10-19)32(29,30)26-20-11-13-22(31-3)14-12-20/h4-16,18,26H,17H2,1-3H3,(H,25,28). The van der Waals surface area contributed by atoms with E-state index in [1.807, 2.05) is 44.3 Å². The molecular weight excluding hydrogens is 426 g/mol. The number of benzene rings is 3. The number of rotatable bonds is 9. The summed E-state index contributed by atoms with van der Waals surface area (Å²) in [4.78, 5) is 14.7. The fourth-order valence-corrected chi connectivity index (χ4v) is 4.11. The Morgan fingerprint density at radius 1 is 0.969 bits per heavy atom. The Labute approximate surface area is 189 Å². The van der Waals surface area contributed by atoms with Gasteiger partial charge in [0.05, 0.1) is 12.0 Å². The van der Waals surface area contributed by atoms with Crippen LogP contribution in [-0.2, 0) is 10.0 Å².